The van der Waals surface area contributed by atoms with Crippen LogP contribution in [0.4, 0.5) is 0 Å². The molecule has 0 rings (SSSR count). The van der Waals surface area contributed by atoms with Crippen LogP contribution in [0.25, 0.3) is 0 Å². The van der Waals surface area contributed by atoms with Crippen molar-refractivity contribution in [1.29, 1.82) is 0 Å². The largest absolute Gasteiger partial charge is 0.399 e. The Hall–Kier alpha value is -0.690. The first-order chi connectivity index (χ1) is 4.16. The van der Waals surface area contributed by atoms with Crippen molar-refractivity contribution in [2.75, 3.05) is 5.88 Å². The van der Waals surface area contributed by atoms with E-state index >= 15 is 0 Å². The third-order valence-electron chi connectivity index (χ3n) is 0.705. The Morgan fingerprint density at radius 3 is 2.33 bits per heavy atom. The van der Waals surface area contributed by atoms with Gasteiger partial charge in [0.2, 0.25) is 0 Å². The number of nitrogens with two attached hydrogens (primary N) is 1. The van der Waals surface area contributed by atoms with Gasteiger partial charge >= 0.3 is 0 Å². The predicted octanol–water partition coefficient (Wildman–Crippen LogP) is 1.81. The summed E-state index contributed by atoms with van der Waals surface area (Å²) in [5, 5.41) is 0. The summed E-state index contributed by atoms with van der Waals surface area (Å²) in [4.78, 5) is 0. The van der Waals surface area contributed by atoms with Crippen LogP contribution >= 0.6 is 11.6 Å². The molecule has 0 aliphatic carbocycles. The van der Waals surface area contributed by atoms with Crippen LogP contribution in [0.1, 0.15) is 0 Å². The molecule has 0 amide bonds. The van der Waals surface area contributed by atoms with Crippen molar-refractivity contribution in [1.82, 2.24) is 0 Å². The lowest BCUT2D eigenvalue weighted by Gasteiger charge is -1.88. The summed E-state index contributed by atoms with van der Waals surface area (Å²) < 4.78 is 0. The summed E-state index contributed by atoms with van der Waals surface area (Å²) in [6.07, 6.45) is 3.42. The van der Waals surface area contributed by atoms with Crippen molar-refractivity contribution in [3.63, 3.8) is 0 Å². The molecular weight excluding hydrogens is 134 g/mol. The lowest BCUT2D eigenvalue weighted by Crippen LogP contribution is -1.88. The molecule has 0 saturated heterocycles. The summed E-state index contributed by atoms with van der Waals surface area (Å²) >= 11 is 5.41. The topological polar surface area (TPSA) is 26.0 Å². The molecule has 0 radical (unpaired) electrons. The quantitative estimate of drug-likeness (QED) is 0.473. The van der Waals surface area contributed by atoms with Gasteiger partial charge in [0.1, 0.15) is 0 Å². The molecule has 0 aliphatic heterocycles. The van der Waals surface area contributed by atoms with Crippen LogP contribution in [-0.4, -0.2) is 5.88 Å². The number of rotatable bonds is 3. The second kappa shape index (κ2) is 4.21. The van der Waals surface area contributed by atoms with E-state index in [2.05, 4.69) is 13.2 Å². The van der Waals surface area contributed by atoms with Gasteiger partial charge in [-0.15, -0.1) is 11.6 Å². The van der Waals surface area contributed by atoms with Crippen LogP contribution in [0.3, 0.4) is 0 Å². The van der Waals surface area contributed by atoms with Crippen molar-refractivity contribution in [2.45, 2.75) is 0 Å². The van der Waals surface area contributed by atoms with Crippen molar-refractivity contribution < 1.29 is 0 Å². The van der Waals surface area contributed by atoms with Gasteiger partial charge in [0.15, 0.2) is 0 Å². The highest BCUT2D eigenvalue weighted by molar-refractivity contribution is 6.19. The molecule has 1 nitrogen and oxygen atoms in total. The number of hydrogen-bond donors (Lipinski definition) is 1. The molecule has 0 bridgehead atoms. The highest BCUT2D eigenvalue weighted by Crippen LogP contribution is 1.96. The Balaban J connectivity index is 3.71. The summed E-state index contributed by atoms with van der Waals surface area (Å²) in [7, 11) is 0. The second-order valence-corrected chi connectivity index (χ2v) is 1.97. The first-order valence-corrected chi connectivity index (χ1v) is 3.06. The lowest BCUT2D eigenvalue weighted by atomic mass is 10.3. The van der Waals surface area contributed by atoms with Gasteiger partial charge in [0.25, 0.3) is 0 Å². The molecule has 50 valence electrons. The van der Waals surface area contributed by atoms with E-state index in [4.69, 9.17) is 17.3 Å². The fourth-order valence-electron chi connectivity index (χ4n) is 0.269. The van der Waals surface area contributed by atoms with E-state index in [0.29, 0.717) is 11.6 Å². The maximum Gasteiger partial charge on any atom is 0.0468 e. The van der Waals surface area contributed by atoms with Gasteiger partial charge in [-0.05, 0) is 11.6 Å². The highest BCUT2D eigenvalue weighted by Gasteiger charge is 1.81. The molecule has 0 aliphatic rings. The molecular formula is C7H10ClN. The zero-order chi connectivity index (χ0) is 7.28. The number of halogens is 1. The molecule has 0 spiro atoms. The number of allylic oxidation sites excluding steroid dienone is 3. The molecule has 0 aromatic carbocycles. The maximum absolute atomic E-state index is 5.41. The normalized spacial score (nSPS) is 9.89. The van der Waals surface area contributed by atoms with Crippen LogP contribution in [0, 0.1) is 0 Å². The van der Waals surface area contributed by atoms with Crippen molar-refractivity contribution in [3.05, 3.63) is 36.6 Å². The molecule has 0 atom stereocenters. The van der Waals surface area contributed by atoms with Gasteiger partial charge in [0.05, 0.1) is 0 Å². The first-order valence-electron chi connectivity index (χ1n) is 2.53. The number of hydrogen-bond acceptors (Lipinski definition) is 1. The summed E-state index contributed by atoms with van der Waals surface area (Å²) in [6.45, 7) is 7.10. The third-order valence-corrected chi connectivity index (χ3v) is 1.05. The fraction of sp³-hybridized carbons (Fsp3) is 0.143. The summed E-state index contributed by atoms with van der Waals surface area (Å²) in [5.41, 5.74) is 6.58. The molecule has 0 aromatic heterocycles. The second-order valence-electron chi connectivity index (χ2n) is 1.70. The SMILES string of the molecule is C=C(N)/C=C\C(=C)CCl. The van der Waals surface area contributed by atoms with Crippen LogP contribution in [0.15, 0.2) is 36.6 Å². The van der Waals surface area contributed by atoms with Gasteiger partial charge < -0.3 is 5.73 Å². The molecule has 0 fully saturated rings. The Kier molecular flexibility index (Phi) is 3.89. The van der Waals surface area contributed by atoms with Gasteiger partial charge in [-0.25, -0.2) is 0 Å². The van der Waals surface area contributed by atoms with Gasteiger partial charge in [-0.2, -0.15) is 0 Å². The van der Waals surface area contributed by atoms with E-state index in [9.17, 15) is 0 Å². The Labute approximate surface area is 60.5 Å². The highest BCUT2D eigenvalue weighted by atomic mass is 35.5. The minimum Gasteiger partial charge on any atom is -0.399 e. The monoisotopic (exact) mass is 143 g/mol. The molecule has 9 heavy (non-hydrogen) atoms. The molecule has 0 heterocycles. The van der Waals surface area contributed by atoms with Crippen LogP contribution < -0.4 is 5.73 Å². The standard InChI is InChI=1S/C7H10ClN/c1-6(5-8)3-4-7(2)9/h3-4H,1-2,5,9H2/b4-3-. The Bertz CT molecular complexity index is 147. The van der Waals surface area contributed by atoms with Crippen LogP contribution in [0.2, 0.25) is 0 Å². The molecule has 0 saturated carbocycles. The molecule has 2 N–H and O–H groups in total. The average Bonchev–Trinajstić information content (AvgIpc) is 1.83. The fourth-order valence-corrected chi connectivity index (χ4v) is 0.359. The molecule has 0 unspecified atom stereocenters. The Morgan fingerprint density at radius 1 is 1.44 bits per heavy atom. The average molecular weight is 144 g/mol. The maximum atomic E-state index is 5.41. The molecule has 0 aromatic rings. The van der Waals surface area contributed by atoms with E-state index in [1.165, 1.54) is 0 Å². The smallest absolute Gasteiger partial charge is 0.0468 e. The van der Waals surface area contributed by atoms with Crippen LogP contribution in [-0.2, 0) is 0 Å². The lowest BCUT2D eigenvalue weighted by molar-refractivity contribution is 1.43. The summed E-state index contributed by atoms with van der Waals surface area (Å²) in [6, 6.07) is 0. The number of alkyl halides is 1. The Morgan fingerprint density at radius 2 is 2.00 bits per heavy atom. The van der Waals surface area contributed by atoms with E-state index in [1.807, 2.05) is 0 Å². The van der Waals surface area contributed by atoms with Crippen molar-refractivity contribution >= 4 is 11.6 Å². The zero-order valence-electron chi connectivity index (χ0n) is 5.23. The van der Waals surface area contributed by atoms with Crippen molar-refractivity contribution in [3.8, 4) is 0 Å². The van der Waals surface area contributed by atoms with Crippen LogP contribution in [0.5, 0.6) is 0 Å². The summed E-state index contributed by atoms with van der Waals surface area (Å²) in [5.74, 6) is 0.434. The van der Waals surface area contributed by atoms with Gasteiger partial charge in [-0.3, -0.25) is 0 Å². The van der Waals surface area contributed by atoms with Gasteiger partial charge in [0, 0.05) is 11.6 Å². The van der Waals surface area contributed by atoms with E-state index < -0.39 is 0 Å². The van der Waals surface area contributed by atoms with Gasteiger partial charge in [-0.1, -0.05) is 19.2 Å². The predicted molar refractivity (Wildman–Crippen MR) is 42.3 cm³/mol. The van der Waals surface area contributed by atoms with E-state index in [1.54, 1.807) is 12.2 Å². The van der Waals surface area contributed by atoms with E-state index in [-0.39, 0.29) is 0 Å². The van der Waals surface area contributed by atoms with Crippen molar-refractivity contribution in [2.24, 2.45) is 5.73 Å². The third kappa shape index (κ3) is 5.18. The van der Waals surface area contributed by atoms with E-state index in [0.717, 1.165) is 5.57 Å². The minimum absolute atomic E-state index is 0.434. The first kappa shape index (κ1) is 8.31. The molecule has 2 heteroatoms. The minimum atomic E-state index is 0.434. The zero-order valence-corrected chi connectivity index (χ0v) is 5.99.